The zero-order chi connectivity index (χ0) is 16.7. The van der Waals surface area contributed by atoms with E-state index in [1.807, 2.05) is 6.07 Å². The SMILES string of the molecule is N#CCNC(=O)[C@@H]1CC2(CC2)[C@H]1CS(=O)(=O)c1ccc(F)cc1. The molecule has 3 rings (SSSR count). The Morgan fingerprint density at radius 1 is 1.35 bits per heavy atom. The lowest BCUT2D eigenvalue weighted by atomic mass is 9.62. The van der Waals surface area contributed by atoms with Crippen LogP contribution in [0.15, 0.2) is 29.2 Å². The van der Waals surface area contributed by atoms with Gasteiger partial charge < -0.3 is 5.32 Å². The number of nitrogens with zero attached hydrogens (tertiary/aromatic N) is 1. The maximum absolute atomic E-state index is 13.0. The van der Waals surface area contributed by atoms with Crippen molar-refractivity contribution in [3.8, 4) is 6.07 Å². The zero-order valence-electron chi connectivity index (χ0n) is 12.5. The summed E-state index contributed by atoms with van der Waals surface area (Å²) in [5, 5.41) is 11.1. The zero-order valence-corrected chi connectivity index (χ0v) is 13.3. The molecule has 0 saturated heterocycles. The minimum Gasteiger partial charge on any atom is -0.343 e. The standard InChI is InChI=1S/C16H17FN2O3S/c17-11-1-3-12(4-2-11)23(21,22)10-14-13(9-16(14)5-6-16)15(20)19-8-7-18/h1-4,13-14H,5-6,8-10H2,(H,19,20)/t13-,14+/m1/s1. The van der Waals surface area contributed by atoms with Gasteiger partial charge in [-0.15, -0.1) is 0 Å². The fraction of sp³-hybridized carbons (Fsp3) is 0.500. The highest BCUT2D eigenvalue weighted by Gasteiger charge is 2.63. The molecule has 2 fully saturated rings. The van der Waals surface area contributed by atoms with Gasteiger partial charge >= 0.3 is 0 Å². The molecule has 0 heterocycles. The number of hydrogen-bond acceptors (Lipinski definition) is 4. The second kappa shape index (κ2) is 5.60. The molecule has 2 atom stereocenters. The first-order valence-electron chi connectivity index (χ1n) is 7.51. The molecule has 1 N–H and O–H groups in total. The summed E-state index contributed by atoms with van der Waals surface area (Å²) in [6.07, 6.45) is 2.57. The predicted molar refractivity (Wildman–Crippen MR) is 80.3 cm³/mol. The fourth-order valence-corrected chi connectivity index (χ4v) is 5.34. The van der Waals surface area contributed by atoms with E-state index >= 15 is 0 Å². The van der Waals surface area contributed by atoms with Crippen molar-refractivity contribution < 1.29 is 17.6 Å². The van der Waals surface area contributed by atoms with Gasteiger partial charge in [0.15, 0.2) is 9.84 Å². The van der Waals surface area contributed by atoms with E-state index in [4.69, 9.17) is 5.26 Å². The van der Waals surface area contributed by atoms with E-state index in [0.717, 1.165) is 25.0 Å². The van der Waals surface area contributed by atoms with E-state index < -0.39 is 15.7 Å². The van der Waals surface area contributed by atoms with E-state index in [1.165, 1.54) is 12.1 Å². The molecule has 2 aliphatic rings. The van der Waals surface area contributed by atoms with Gasteiger partial charge in [0.25, 0.3) is 0 Å². The van der Waals surface area contributed by atoms with Gasteiger partial charge in [0.05, 0.1) is 16.7 Å². The molecule has 5 nitrogen and oxygen atoms in total. The predicted octanol–water partition coefficient (Wildman–Crippen LogP) is 1.66. The number of benzene rings is 1. The van der Waals surface area contributed by atoms with Crippen LogP contribution in [0.1, 0.15) is 19.3 Å². The molecule has 122 valence electrons. The number of amides is 1. The molecule has 2 aliphatic carbocycles. The molecule has 1 spiro atoms. The quantitative estimate of drug-likeness (QED) is 0.654. The summed E-state index contributed by atoms with van der Waals surface area (Å²) in [4.78, 5) is 12.2. The van der Waals surface area contributed by atoms with Gasteiger partial charge in [0.2, 0.25) is 5.91 Å². The van der Waals surface area contributed by atoms with Gasteiger partial charge in [-0.1, -0.05) is 0 Å². The van der Waals surface area contributed by atoms with Gasteiger partial charge in [0, 0.05) is 5.92 Å². The fourth-order valence-electron chi connectivity index (χ4n) is 3.53. The van der Waals surface area contributed by atoms with Crippen LogP contribution >= 0.6 is 0 Å². The van der Waals surface area contributed by atoms with Gasteiger partial charge in [-0.05, 0) is 54.9 Å². The third kappa shape index (κ3) is 2.95. The summed E-state index contributed by atoms with van der Waals surface area (Å²) in [7, 11) is -3.57. The van der Waals surface area contributed by atoms with Crippen molar-refractivity contribution >= 4 is 15.7 Å². The highest BCUT2D eigenvalue weighted by Crippen LogP contribution is 2.67. The van der Waals surface area contributed by atoms with Crippen molar-refractivity contribution in [2.45, 2.75) is 24.2 Å². The lowest BCUT2D eigenvalue weighted by Gasteiger charge is -2.44. The largest absolute Gasteiger partial charge is 0.343 e. The molecule has 0 bridgehead atoms. The first-order valence-corrected chi connectivity index (χ1v) is 9.16. The average molecular weight is 336 g/mol. The van der Waals surface area contributed by atoms with Gasteiger partial charge in [-0.3, -0.25) is 4.79 Å². The Balaban J connectivity index is 1.75. The number of sulfone groups is 1. The second-order valence-electron chi connectivity index (χ2n) is 6.39. The summed E-state index contributed by atoms with van der Waals surface area (Å²) in [5.74, 6) is -1.43. The Morgan fingerprint density at radius 3 is 2.57 bits per heavy atom. The van der Waals surface area contributed by atoms with Crippen LogP contribution in [0, 0.1) is 34.4 Å². The van der Waals surface area contributed by atoms with Crippen molar-refractivity contribution in [3.05, 3.63) is 30.1 Å². The molecule has 23 heavy (non-hydrogen) atoms. The van der Waals surface area contributed by atoms with Crippen LogP contribution in [0.2, 0.25) is 0 Å². The highest BCUT2D eigenvalue weighted by molar-refractivity contribution is 7.91. The Labute approximate surface area is 134 Å². The van der Waals surface area contributed by atoms with Crippen molar-refractivity contribution in [2.75, 3.05) is 12.3 Å². The van der Waals surface area contributed by atoms with E-state index in [-0.39, 0.29) is 40.4 Å². The topological polar surface area (TPSA) is 87.0 Å². The molecule has 0 radical (unpaired) electrons. The Kier molecular flexibility index (Phi) is 3.88. The lowest BCUT2D eigenvalue weighted by molar-refractivity contribution is -0.133. The van der Waals surface area contributed by atoms with Gasteiger partial charge in [-0.2, -0.15) is 5.26 Å². The number of rotatable bonds is 5. The number of nitrogens with one attached hydrogen (secondary N) is 1. The third-order valence-electron chi connectivity index (χ3n) is 5.04. The Hall–Kier alpha value is -1.94. The molecule has 1 aromatic rings. The van der Waals surface area contributed by atoms with Crippen molar-refractivity contribution in [1.82, 2.24) is 5.32 Å². The first-order chi connectivity index (χ1) is 10.9. The summed E-state index contributed by atoms with van der Waals surface area (Å²) in [5.41, 5.74) is -0.0260. The van der Waals surface area contributed by atoms with Crippen LogP contribution in [-0.2, 0) is 14.6 Å². The molecular formula is C16H17FN2O3S. The van der Waals surface area contributed by atoms with Crippen LogP contribution in [0.3, 0.4) is 0 Å². The third-order valence-corrected chi connectivity index (χ3v) is 6.83. The summed E-state index contributed by atoms with van der Waals surface area (Å²) < 4.78 is 38.0. The number of carbonyl (C=O) groups excluding carboxylic acids is 1. The maximum Gasteiger partial charge on any atom is 0.224 e. The molecule has 7 heteroatoms. The van der Waals surface area contributed by atoms with Crippen molar-refractivity contribution in [3.63, 3.8) is 0 Å². The maximum atomic E-state index is 13.0. The Morgan fingerprint density at radius 2 is 2.00 bits per heavy atom. The van der Waals surface area contributed by atoms with Gasteiger partial charge in [0.1, 0.15) is 12.4 Å². The van der Waals surface area contributed by atoms with E-state index in [0.29, 0.717) is 6.42 Å². The number of hydrogen-bond donors (Lipinski definition) is 1. The van der Waals surface area contributed by atoms with E-state index in [2.05, 4.69) is 5.32 Å². The summed E-state index contributed by atoms with van der Waals surface area (Å²) in [6, 6.07) is 6.61. The number of carbonyl (C=O) groups is 1. The molecule has 0 aliphatic heterocycles. The molecule has 0 aromatic heterocycles. The van der Waals surface area contributed by atoms with Crippen LogP contribution in [-0.4, -0.2) is 26.6 Å². The smallest absolute Gasteiger partial charge is 0.224 e. The molecule has 1 aromatic carbocycles. The normalized spacial score (nSPS) is 24.5. The minimum atomic E-state index is -3.57. The lowest BCUT2D eigenvalue weighted by Crippen LogP contribution is -2.50. The number of nitriles is 1. The molecule has 2 saturated carbocycles. The monoisotopic (exact) mass is 336 g/mol. The Bertz CT molecular complexity index is 764. The molecule has 0 unspecified atom stereocenters. The van der Waals surface area contributed by atoms with Gasteiger partial charge in [-0.25, -0.2) is 12.8 Å². The van der Waals surface area contributed by atoms with Crippen LogP contribution in [0.4, 0.5) is 4.39 Å². The molecule has 1 amide bonds. The summed E-state index contributed by atoms with van der Waals surface area (Å²) in [6.45, 7) is -0.0697. The first kappa shape index (κ1) is 15.9. The van der Waals surface area contributed by atoms with Crippen LogP contribution < -0.4 is 5.32 Å². The van der Waals surface area contributed by atoms with Crippen LogP contribution in [0.25, 0.3) is 0 Å². The molecular weight excluding hydrogens is 319 g/mol. The van der Waals surface area contributed by atoms with E-state index in [9.17, 15) is 17.6 Å². The van der Waals surface area contributed by atoms with E-state index in [1.54, 1.807) is 0 Å². The van der Waals surface area contributed by atoms with Crippen LogP contribution in [0.5, 0.6) is 0 Å². The second-order valence-corrected chi connectivity index (χ2v) is 8.42. The minimum absolute atomic E-state index is 0.0260. The van der Waals surface area contributed by atoms with Crippen molar-refractivity contribution in [1.29, 1.82) is 5.26 Å². The average Bonchev–Trinajstić information content (AvgIpc) is 3.31. The highest BCUT2D eigenvalue weighted by atomic mass is 32.2. The van der Waals surface area contributed by atoms with Crippen molar-refractivity contribution in [2.24, 2.45) is 17.3 Å². The summed E-state index contributed by atoms with van der Waals surface area (Å²) >= 11 is 0. The number of halogens is 1.